The van der Waals surface area contributed by atoms with Gasteiger partial charge in [0, 0.05) is 17.5 Å². The average Bonchev–Trinajstić information content (AvgIpc) is 2.93. The molecule has 8 rings (SSSR count). The highest BCUT2D eigenvalue weighted by atomic mass is 16.5. The SMILES string of the molecule is CN(C)[C@@H]1C(=O)C(C(N)=O)=C(O)[C@@]2(O)C(=O)C3=C(O)c4c(O)cccc4[C@H](N)[C@H]3[C@H](OC(=O)C34CC5CC(CC(C5)C3)C4)[C@@H]12. The number of likely N-dealkylation sites (N-methyl/N-ethyl adjacent to an activating group) is 1. The van der Waals surface area contributed by atoms with Gasteiger partial charge in [0.05, 0.1) is 22.9 Å². The first-order valence-corrected chi connectivity index (χ1v) is 15.1. The molecule has 234 valence electrons. The van der Waals surface area contributed by atoms with Crippen LogP contribution >= 0.6 is 0 Å². The van der Waals surface area contributed by atoms with E-state index in [1.165, 1.54) is 31.1 Å². The highest BCUT2D eigenvalue weighted by Gasteiger charge is 2.70. The number of aliphatic hydroxyl groups excluding tert-OH is 2. The Bertz CT molecular complexity index is 1560. The maximum absolute atomic E-state index is 14.4. The maximum Gasteiger partial charge on any atom is 0.312 e. The van der Waals surface area contributed by atoms with E-state index in [0.717, 1.165) is 19.3 Å². The Hall–Kier alpha value is -3.74. The number of esters is 1. The summed E-state index contributed by atoms with van der Waals surface area (Å²) in [7, 11) is 2.98. The number of amides is 1. The number of phenols is 1. The minimum atomic E-state index is -3.00. The van der Waals surface area contributed by atoms with Crippen molar-refractivity contribution in [2.75, 3.05) is 14.1 Å². The van der Waals surface area contributed by atoms with Crippen molar-refractivity contribution < 1.29 is 44.3 Å². The number of ether oxygens (including phenoxy) is 1. The van der Waals surface area contributed by atoms with Crippen LogP contribution in [0.3, 0.4) is 0 Å². The lowest BCUT2D eigenvalue weighted by atomic mass is 9.49. The van der Waals surface area contributed by atoms with Crippen LogP contribution in [-0.4, -0.2) is 80.6 Å². The molecule has 12 nitrogen and oxygen atoms in total. The van der Waals surface area contributed by atoms with Crippen molar-refractivity contribution in [2.45, 2.75) is 62.3 Å². The molecule has 7 aliphatic rings. The number of ketones is 2. The molecule has 0 aliphatic heterocycles. The fraction of sp³-hybridized carbons (Fsp3) is 0.562. The van der Waals surface area contributed by atoms with Crippen LogP contribution in [0.4, 0.5) is 0 Å². The monoisotopic (exact) mass is 607 g/mol. The van der Waals surface area contributed by atoms with Crippen molar-refractivity contribution >= 4 is 29.2 Å². The van der Waals surface area contributed by atoms with Crippen molar-refractivity contribution in [3.8, 4) is 5.75 Å². The number of aliphatic hydroxyl groups is 3. The Labute approximate surface area is 253 Å². The molecule has 0 aromatic heterocycles. The van der Waals surface area contributed by atoms with E-state index < -0.39 is 87.1 Å². The number of rotatable bonds is 4. The second-order valence-electron chi connectivity index (χ2n) is 14.1. The summed E-state index contributed by atoms with van der Waals surface area (Å²) in [6.45, 7) is 0. The predicted octanol–water partition coefficient (Wildman–Crippen LogP) is 1.16. The highest BCUT2D eigenvalue weighted by Crippen LogP contribution is 2.62. The van der Waals surface area contributed by atoms with Crippen molar-refractivity contribution in [3.05, 3.63) is 46.2 Å². The summed E-state index contributed by atoms with van der Waals surface area (Å²) in [5, 5.41) is 45.8. The summed E-state index contributed by atoms with van der Waals surface area (Å²) in [5.74, 6) is -8.13. The van der Waals surface area contributed by atoms with Gasteiger partial charge in [-0.2, -0.15) is 0 Å². The van der Waals surface area contributed by atoms with E-state index in [-0.39, 0.29) is 16.9 Å². The van der Waals surface area contributed by atoms with Crippen molar-refractivity contribution in [1.82, 2.24) is 4.90 Å². The molecule has 12 heteroatoms. The topological polar surface area (TPSA) is 214 Å². The summed E-state index contributed by atoms with van der Waals surface area (Å²) in [6, 6.07) is 1.80. The first-order chi connectivity index (χ1) is 20.7. The first-order valence-electron chi connectivity index (χ1n) is 15.1. The summed E-state index contributed by atoms with van der Waals surface area (Å²) in [4.78, 5) is 56.4. The number of carbonyl (C=O) groups is 4. The van der Waals surface area contributed by atoms with Gasteiger partial charge in [-0.05, 0) is 82.0 Å². The minimum absolute atomic E-state index is 0.137. The minimum Gasteiger partial charge on any atom is -0.508 e. The van der Waals surface area contributed by atoms with Crippen LogP contribution in [0.5, 0.6) is 5.75 Å². The quantitative estimate of drug-likeness (QED) is 0.211. The normalized spacial score (nSPS) is 40.6. The van der Waals surface area contributed by atoms with Crippen LogP contribution < -0.4 is 11.5 Å². The van der Waals surface area contributed by atoms with Crippen LogP contribution in [0.1, 0.15) is 55.7 Å². The third kappa shape index (κ3) is 3.61. The van der Waals surface area contributed by atoms with Gasteiger partial charge in [-0.3, -0.25) is 24.1 Å². The maximum atomic E-state index is 14.4. The zero-order valence-corrected chi connectivity index (χ0v) is 24.5. The van der Waals surface area contributed by atoms with Gasteiger partial charge in [0.1, 0.15) is 28.9 Å². The lowest BCUT2D eigenvalue weighted by Gasteiger charge is -2.57. The van der Waals surface area contributed by atoms with E-state index in [1.807, 2.05) is 0 Å². The molecular weight excluding hydrogens is 570 g/mol. The Morgan fingerprint density at radius 1 is 1.00 bits per heavy atom. The number of benzene rings is 1. The van der Waals surface area contributed by atoms with Crippen LogP contribution in [0, 0.1) is 35.0 Å². The number of carbonyl (C=O) groups excluding carboxylic acids is 4. The number of fused-ring (bicyclic) bond motifs is 3. The fourth-order valence-corrected chi connectivity index (χ4v) is 10.0. The lowest BCUT2D eigenvalue weighted by molar-refractivity contribution is -0.200. The summed E-state index contributed by atoms with van der Waals surface area (Å²) >= 11 is 0. The molecule has 7 aliphatic carbocycles. The first kappa shape index (κ1) is 29.0. The second kappa shape index (κ2) is 9.38. The Kier molecular flexibility index (Phi) is 6.18. The van der Waals surface area contributed by atoms with E-state index in [9.17, 15) is 39.6 Å². The molecule has 5 saturated carbocycles. The Balaban J connectivity index is 1.45. The fourth-order valence-electron chi connectivity index (χ4n) is 10.0. The molecule has 0 heterocycles. The molecule has 1 aromatic rings. The number of primary amides is 1. The highest BCUT2D eigenvalue weighted by molar-refractivity contribution is 6.24. The summed E-state index contributed by atoms with van der Waals surface area (Å²) < 4.78 is 6.40. The molecule has 1 aromatic carbocycles. The van der Waals surface area contributed by atoms with E-state index in [4.69, 9.17) is 16.2 Å². The molecule has 6 atom stereocenters. The largest absolute Gasteiger partial charge is 0.508 e. The molecule has 0 unspecified atom stereocenters. The third-order valence-electron chi connectivity index (χ3n) is 11.4. The number of hydrogen-bond acceptors (Lipinski definition) is 11. The van der Waals surface area contributed by atoms with E-state index in [1.54, 1.807) is 6.07 Å². The average molecular weight is 608 g/mol. The Morgan fingerprint density at radius 3 is 2.14 bits per heavy atom. The van der Waals surface area contributed by atoms with Crippen LogP contribution in [0.25, 0.3) is 5.76 Å². The van der Waals surface area contributed by atoms with Gasteiger partial charge >= 0.3 is 5.97 Å². The third-order valence-corrected chi connectivity index (χ3v) is 11.4. The van der Waals surface area contributed by atoms with E-state index in [2.05, 4.69) is 0 Å². The Morgan fingerprint density at radius 2 is 1.59 bits per heavy atom. The molecule has 5 fully saturated rings. The van der Waals surface area contributed by atoms with Crippen molar-refractivity contribution in [3.63, 3.8) is 0 Å². The molecule has 0 saturated heterocycles. The molecule has 0 radical (unpaired) electrons. The number of Topliss-reactive ketones (excluding diaryl/α,β-unsaturated/α-hetero) is 2. The molecule has 8 N–H and O–H groups in total. The molecular formula is C32H37N3O9. The number of hydrogen-bond donors (Lipinski definition) is 6. The predicted molar refractivity (Wildman–Crippen MR) is 153 cm³/mol. The van der Waals surface area contributed by atoms with E-state index >= 15 is 0 Å². The smallest absolute Gasteiger partial charge is 0.312 e. The van der Waals surface area contributed by atoms with Gasteiger partial charge in [-0.15, -0.1) is 0 Å². The summed E-state index contributed by atoms with van der Waals surface area (Å²) in [5.41, 5.74) is 7.16. The molecule has 4 bridgehead atoms. The number of nitrogens with two attached hydrogens (primary N) is 2. The standard InChI is InChI=1S/C32H37N3O9/c1-35(2)23-21-26(44-30(42)31-9-12-6-13(10-31)8-14(7-12)11-31)18-19(24(37)17-15(22(18)33)4-3-5-16(17)36)27(39)32(21,43)28(40)20(25(23)38)29(34)41/h3-5,12-14,18,21-23,26,36-37,40,43H,6-11,33H2,1-2H3,(H2,34,41)/t12?,13?,14?,18-,21+,22-,23-,26-,31?,32-/m0/s1. The van der Waals surface area contributed by atoms with Crippen LogP contribution in [0.2, 0.25) is 0 Å². The molecule has 0 spiro atoms. The number of phenolic OH excluding ortho intramolecular Hbond substituents is 1. The van der Waals surface area contributed by atoms with Gasteiger partial charge in [-0.25, -0.2) is 0 Å². The van der Waals surface area contributed by atoms with Gasteiger partial charge in [0.25, 0.3) is 5.91 Å². The zero-order valence-electron chi connectivity index (χ0n) is 24.5. The van der Waals surface area contributed by atoms with Crippen LogP contribution in [0.15, 0.2) is 35.1 Å². The zero-order chi connectivity index (χ0) is 31.6. The lowest BCUT2D eigenvalue weighted by Crippen LogP contribution is -2.71. The number of aromatic hydroxyl groups is 1. The van der Waals surface area contributed by atoms with Gasteiger partial charge in [-0.1, -0.05) is 12.1 Å². The van der Waals surface area contributed by atoms with Gasteiger partial charge < -0.3 is 36.6 Å². The number of nitrogens with zero attached hydrogens (tertiary/aromatic N) is 1. The second-order valence-corrected chi connectivity index (χ2v) is 14.1. The van der Waals surface area contributed by atoms with Crippen molar-refractivity contribution in [1.29, 1.82) is 0 Å². The van der Waals surface area contributed by atoms with E-state index in [0.29, 0.717) is 37.0 Å². The van der Waals surface area contributed by atoms with Gasteiger partial charge in [0.15, 0.2) is 11.4 Å². The molecule has 44 heavy (non-hydrogen) atoms. The van der Waals surface area contributed by atoms with Gasteiger partial charge in [0.2, 0.25) is 5.78 Å². The van der Waals surface area contributed by atoms with Crippen molar-refractivity contribution in [2.24, 2.45) is 46.5 Å². The van der Waals surface area contributed by atoms with Crippen LogP contribution in [-0.2, 0) is 23.9 Å². The summed E-state index contributed by atoms with van der Waals surface area (Å²) in [6.07, 6.45) is 3.62. The molecule has 1 amide bonds.